The first kappa shape index (κ1) is 5.74. The molecule has 0 spiro atoms. The van der Waals surface area contributed by atoms with Crippen LogP contribution in [0.5, 0.6) is 0 Å². The molecule has 1 N–H and O–H groups in total. The third-order valence-corrected chi connectivity index (χ3v) is 1.52. The Hall–Kier alpha value is -0.390. The molecule has 0 aromatic heterocycles. The predicted octanol–water partition coefficient (Wildman–Crippen LogP) is -0.635. The number of hydroxylamine groups is 1. The smallest absolute Gasteiger partial charge is 0.193 e. The van der Waals surface area contributed by atoms with E-state index in [1.165, 1.54) is 6.08 Å². The fraction of sp³-hybridized carbons (Fsp3) is 0.333. The molecular formula is C3H5NO3S. The molecule has 5 heteroatoms. The van der Waals surface area contributed by atoms with Gasteiger partial charge in [0.1, 0.15) is 0 Å². The third-order valence-electron chi connectivity index (χ3n) is 0.639. The van der Waals surface area contributed by atoms with Crippen molar-refractivity contribution < 1.29 is 12.7 Å². The zero-order valence-corrected chi connectivity index (χ0v) is 4.81. The van der Waals surface area contributed by atoms with Crippen LogP contribution in [0.2, 0.25) is 0 Å². The number of hydrogen-bond donors (Lipinski definition) is 1. The van der Waals surface area contributed by atoms with Crippen molar-refractivity contribution in [2.75, 3.05) is 6.54 Å². The molecule has 0 bridgehead atoms. The highest BCUT2D eigenvalue weighted by atomic mass is 32.2. The first-order valence-corrected chi connectivity index (χ1v) is 3.51. The maximum atomic E-state index is 10.3. The molecule has 1 aliphatic rings. The molecule has 0 fully saturated rings. The molecular weight excluding hydrogens is 130 g/mol. The highest BCUT2D eigenvalue weighted by molar-refractivity contribution is 7.89. The Morgan fingerprint density at radius 2 is 2.38 bits per heavy atom. The summed E-state index contributed by atoms with van der Waals surface area (Å²) in [6.45, 7) is 0.444. The van der Waals surface area contributed by atoms with Crippen LogP contribution in [0.25, 0.3) is 0 Å². The number of rotatable bonds is 0. The molecule has 1 aliphatic heterocycles. The van der Waals surface area contributed by atoms with Crippen LogP contribution in [-0.4, -0.2) is 15.0 Å². The van der Waals surface area contributed by atoms with Crippen molar-refractivity contribution in [3.63, 3.8) is 0 Å². The van der Waals surface area contributed by atoms with Gasteiger partial charge in [0.15, 0.2) is 0 Å². The molecule has 0 saturated carbocycles. The third kappa shape index (κ3) is 1.29. The highest BCUT2D eigenvalue weighted by Gasteiger charge is 2.07. The molecule has 0 unspecified atom stereocenters. The molecule has 0 radical (unpaired) electrons. The second-order valence-electron chi connectivity index (χ2n) is 1.30. The van der Waals surface area contributed by atoms with Gasteiger partial charge in [-0.3, -0.25) is 0 Å². The monoisotopic (exact) mass is 135 g/mol. The van der Waals surface area contributed by atoms with E-state index in [1.807, 2.05) is 0 Å². The minimum absolute atomic E-state index is 0.444. The van der Waals surface area contributed by atoms with Crippen LogP contribution in [0.4, 0.5) is 0 Å². The Bertz CT molecular complexity index is 193. The van der Waals surface area contributed by atoms with Gasteiger partial charge < -0.3 is 0 Å². The molecule has 1 heterocycles. The fourth-order valence-corrected chi connectivity index (χ4v) is 0.978. The summed E-state index contributed by atoms with van der Waals surface area (Å²) >= 11 is 0. The minimum Gasteiger partial charge on any atom is -0.193 e. The number of nitrogens with one attached hydrogen (secondary N) is 1. The fourth-order valence-electron chi connectivity index (χ4n) is 0.358. The molecule has 0 atom stereocenters. The van der Waals surface area contributed by atoms with Crippen molar-refractivity contribution in [3.8, 4) is 0 Å². The molecule has 4 nitrogen and oxygen atoms in total. The summed E-state index contributed by atoms with van der Waals surface area (Å²) in [6, 6.07) is 0. The quantitative estimate of drug-likeness (QED) is 0.480. The van der Waals surface area contributed by atoms with Crippen LogP contribution in [0.1, 0.15) is 0 Å². The highest BCUT2D eigenvalue weighted by Crippen LogP contribution is 1.95. The van der Waals surface area contributed by atoms with Gasteiger partial charge in [-0.15, -0.1) is 0 Å². The second kappa shape index (κ2) is 1.85. The molecule has 0 aromatic rings. The topological polar surface area (TPSA) is 55.4 Å². The molecule has 0 saturated heterocycles. The average molecular weight is 135 g/mol. The van der Waals surface area contributed by atoms with Crippen molar-refractivity contribution in [1.82, 2.24) is 5.48 Å². The standard InChI is InChI=1S/C3H5NO3S/c5-8(6)3-1-2-4-7-8/h1,3-4H,2H2. The zero-order valence-electron chi connectivity index (χ0n) is 3.99. The van der Waals surface area contributed by atoms with Crippen LogP contribution in [-0.2, 0) is 14.4 Å². The summed E-state index contributed by atoms with van der Waals surface area (Å²) < 4.78 is 24.7. The van der Waals surface area contributed by atoms with Gasteiger partial charge >= 0.3 is 10.1 Å². The van der Waals surface area contributed by atoms with Gasteiger partial charge in [0.05, 0.1) is 5.41 Å². The summed E-state index contributed by atoms with van der Waals surface area (Å²) in [6.07, 6.45) is 1.47. The van der Waals surface area contributed by atoms with E-state index in [2.05, 4.69) is 9.76 Å². The van der Waals surface area contributed by atoms with Gasteiger partial charge in [-0.05, 0) is 0 Å². The van der Waals surface area contributed by atoms with E-state index in [1.54, 1.807) is 0 Å². The minimum atomic E-state index is -3.37. The molecule has 0 amide bonds. The summed E-state index contributed by atoms with van der Waals surface area (Å²) in [4.78, 5) is 0. The van der Waals surface area contributed by atoms with E-state index < -0.39 is 10.1 Å². The van der Waals surface area contributed by atoms with E-state index >= 15 is 0 Å². The largest absolute Gasteiger partial charge is 0.305 e. The predicted molar refractivity (Wildman–Crippen MR) is 27.1 cm³/mol. The van der Waals surface area contributed by atoms with Crippen LogP contribution in [0.3, 0.4) is 0 Å². The molecule has 1 rings (SSSR count). The van der Waals surface area contributed by atoms with E-state index in [9.17, 15) is 8.42 Å². The Kier molecular flexibility index (Phi) is 1.33. The van der Waals surface area contributed by atoms with Crippen molar-refractivity contribution in [1.29, 1.82) is 0 Å². The van der Waals surface area contributed by atoms with Gasteiger partial charge in [0, 0.05) is 6.54 Å². The van der Waals surface area contributed by atoms with E-state index in [0.717, 1.165) is 5.41 Å². The van der Waals surface area contributed by atoms with Crippen LogP contribution < -0.4 is 5.48 Å². The van der Waals surface area contributed by atoms with Crippen LogP contribution in [0, 0.1) is 0 Å². The Labute approximate surface area is 47.2 Å². The maximum Gasteiger partial charge on any atom is 0.305 e. The Morgan fingerprint density at radius 3 is 2.62 bits per heavy atom. The lowest BCUT2D eigenvalue weighted by atomic mass is 10.7. The van der Waals surface area contributed by atoms with E-state index in [-0.39, 0.29) is 0 Å². The van der Waals surface area contributed by atoms with Gasteiger partial charge in [-0.25, -0.2) is 0 Å². The van der Waals surface area contributed by atoms with E-state index in [0.29, 0.717) is 6.54 Å². The lowest BCUT2D eigenvalue weighted by molar-refractivity contribution is 0.216. The molecule has 0 aliphatic carbocycles. The van der Waals surface area contributed by atoms with Crippen molar-refractivity contribution in [3.05, 3.63) is 11.5 Å². The van der Waals surface area contributed by atoms with Crippen molar-refractivity contribution in [2.24, 2.45) is 0 Å². The first-order valence-electron chi connectivity index (χ1n) is 2.03. The SMILES string of the molecule is O=S1(=O)C=CCNO1. The summed E-state index contributed by atoms with van der Waals surface area (Å²) in [5, 5.41) is 1.02. The van der Waals surface area contributed by atoms with Crippen LogP contribution in [0.15, 0.2) is 11.5 Å². The summed E-state index contributed by atoms with van der Waals surface area (Å²) in [5.41, 5.74) is 2.20. The van der Waals surface area contributed by atoms with Gasteiger partial charge in [0.25, 0.3) is 0 Å². The molecule has 46 valence electrons. The normalized spacial score (nSPS) is 25.5. The van der Waals surface area contributed by atoms with Crippen LogP contribution >= 0.6 is 0 Å². The van der Waals surface area contributed by atoms with Crippen molar-refractivity contribution >= 4 is 10.1 Å². The van der Waals surface area contributed by atoms with Gasteiger partial charge in [-0.1, -0.05) is 6.08 Å². The van der Waals surface area contributed by atoms with Gasteiger partial charge in [-0.2, -0.15) is 18.2 Å². The van der Waals surface area contributed by atoms with Crippen molar-refractivity contribution in [2.45, 2.75) is 0 Å². The number of hydrogen-bond acceptors (Lipinski definition) is 4. The Morgan fingerprint density at radius 1 is 1.62 bits per heavy atom. The van der Waals surface area contributed by atoms with Gasteiger partial charge in [0.2, 0.25) is 0 Å². The van der Waals surface area contributed by atoms with E-state index in [4.69, 9.17) is 0 Å². The summed E-state index contributed by atoms with van der Waals surface area (Å²) in [7, 11) is -3.37. The lowest BCUT2D eigenvalue weighted by Gasteiger charge is -2.03. The molecule has 0 aromatic carbocycles. The lowest BCUT2D eigenvalue weighted by Crippen LogP contribution is -2.22. The first-order chi connectivity index (χ1) is 3.71. The summed E-state index contributed by atoms with van der Waals surface area (Å²) in [5.74, 6) is 0. The Balaban J connectivity index is 2.87. The zero-order chi connectivity index (χ0) is 6.04. The second-order valence-corrected chi connectivity index (χ2v) is 2.72. The average Bonchev–Trinajstić information content (AvgIpc) is 1.65. The molecule has 8 heavy (non-hydrogen) atoms. The maximum absolute atomic E-state index is 10.3.